The molecule has 0 spiro atoms. The van der Waals surface area contributed by atoms with Crippen LogP contribution in [-0.4, -0.2) is 31.6 Å². The number of hydrogen-bond acceptors (Lipinski definition) is 1. The van der Waals surface area contributed by atoms with Crippen LogP contribution in [0.1, 0.15) is 0 Å². The first-order chi connectivity index (χ1) is 3.31. The maximum absolute atomic E-state index is 11.2. The summed E-state index contributed by atoms with van der Waals surface area (Å²) < 4.78 is 11.2. The number of rotatable bonds is 3. The first-order valence-electron chi connectivity index (χ1n) is 1.96. The minimum atomic E-state index is -0.494. The van der Waals surface area contributed by atoms with Gasteiger partial charge in [-0.3, -0.25) is 4.79 Å². The van der Waals surface area contributed by atoms with Crippen molar-refractivity contribution in [1.82, 2.24) is 4.90 Å². The van der Waals surface area contributed by atoms with Crippen molar-refractivity contribution in [3.05, 3.63) is 0 Å². The van der Waals surface area contributed by atoms with Gasteiger partial charge in [0.2, 0.25) is 0 Å². The zero-order valence-corrected chi connectivity index (χ0v) is 4.15. The Kier molecular flexibility index (Phi) is 3.28. The van der Waals surface area contributed by atoms with E-state index in [4.69, 9.17) is 0 Å². The van der Waals surface area contributed by atoms with Crippen molar-refractivity contribution in [3.63, 3.8) is 0 Å². The van der Waals surface area contributed by atoms with Crippen molar-refractivity contribution < 1.29 is 9.18 Å². The van der Waals surface area contributed by atoms with E-state index >= 15 is 0 Å². The second-order valence-electron chi connectivity index (χ2n) is 1.20. The fourth-order valence-electron chi connectivity index (χ4n) is 0.172. The van der Waals surface area contributed by atoms with Gasteiger partial charge in [-0.25, -0.2) is 4.39 Å². The van der Waals surface area contributed by atoms with Crippen molar-refractivity contribution in [3.8, 4) is 0 Å². The van der Waals surface area contributed by atoms with Gasteiger partial charge in [-0.05, 0) is 0 Å². The summed E-state index contributed by atoms with van der Waals surface area (Å²) in [6.45, 7) is -0.352. The standard InChI is InChI=1S/C4H7FNO/c1-6(4-7)3-2-5/h2-3H2,1H3. The van der Waals surface area contributed by atoms with Crippen LogP contribution in [-0.2, 0) is 4.79 Å². The first-order valence-corrected chi connectivity index (χ1v) is 1.96. The van der Waals surface area contributed by atoms with E-state index in [-0.39, 0.29) is 6.54 Å². The van der Waals surface area contributed by atoms with Crippen LogP contribution in [0.3, 0.4) is 0 Å². The molecular weight excluding hydrogens is 97.0 g/mol. The highest BCUT2D eigenvalue weighted by Gasteiger charge is 1.89. The molecule has 0 atom stereocenters. The molecule has 0 saturated heterocycles. The molecule has 0 heterocycles. The lowest BCUT2D eigenvalue weighted by Gasteiger charge is -2.02. The van der Waals surface area contributed by atoms with E-state index < -0.39 is 6.67 Å². The van der Waals surface area contributed by atoms with E-state index in [1.807, 2.05) is 0 Å². The van der Waals surface area contributed by atoms with Gasteiger partial charge in [-0.1, -0.05) is 0 Å². The summed E-state index contributed by atoms with van der Waals surface area (Å²) in [5.41, 5.74) is 0. The van der Waals surface area contributed by atoms with Crippen LogP contribution in [0.2, 0.25) is 0 Å². The van der Waals surface area contributed by atoms with Crippen LogP contribution in [0.15, 0.2) is 0 Å². The molecule has 0 rings (SSSR count). The Balaban J connectivity index is 2.98. The first kappa shape index (κ1) is 6.40. The Morgan fingerprint density at radius 3 is 2.57 bits per heavy atom. The number of amides is 1. The number of carbonyl (C=O) groups excluding carboxylic acids is 1. The zero-order valence-electron chi connectivity index (χ0n) is 4.15. The molecule has 0 bridgehead atoms. The summed E-state index contributed by atoms with van der Waals surface area (Å²) in [5.74, 6) is 0. The van der Waals surface area contributed by atoms with Crippen molar-refractivity contribution in [2.24, 2.45) is 0 Å². The number of nitrogens with zero attached hydrogens (tertiary/aromatic N) is 1. The second kappa shape index (κ2) is 3.59. The van der Waals surface area contributed by atoms with Crippen LogP contribution in [0, 0.1) is 0 Å². The monoisotopic (exact) mass is 104 g/mol. The van der Waals surface area contributed by atoms with Crippen LogP contribution in [0.25, 0.3) is 0 Å². The molecule has 0 saturated carbocycles. The fourth-order valence-corrected chi connectivity index (χ4v) is 0.172. The summed E-state index contributed by atoms with van der Waals surface area (Å²) in [6, 6.07) is 0. The molecule has 0 aliphatic heterocycles. The highest BCUT2D eigenvalue weighted by Crippen LogP contribution is 1.73. The van der Waals surface area contributed by atoms with E-state index in [1.165, 1.54) is 13.5 Å². The number of alkyl halides is 1. The number of hydrogen-bond donors (Lipinski definition) is 0. The van der Waals surface area contributed by atoms with E-state index in [0.717, 1.165) is 4.90 Å². The lowest BCUT2D eigenvalue weighted by atomic mass is 10.7. The Hall–Kier alpha value is -0.600. The summed E-state index contributed by atoms with van der Waals surface area (Å²) in [5, 5.41) is 0. The van der Waals surface area contributed by atoms with E-state index in [0.29, 0.717) is 0 Å². The molecule has 1 radical (unpaired) electrons. The fraction of sp³-hybridized carbons (Fsp3) is 0.750. The third-order valence-electron chi connectivity index (χ3n) is 0.576. The Morgan fingerprint density at radius 2 is 2.43 bits per heavy atom. The van der Waals surface area contributed by atoms with Gasteiger partial charge in [0.25, 0.3) is 0 Å². The third-order valence-corrected chi connectivity index (χ3v) is 0.576. The maximum Gasteiger partial charge on any atom is 0.311 e. The molecule has 0 aliphatic carbocycles. The lowest BCUT2D eigenvalue weighted by Crippen LogP contribution is -2.17. The Bertz CT molecular complexity index is 57.7. The summed E-state index contributed by atoms with van der Waals surface area (Å²) in [4.78, 5) is 10.7. The molecule has 0 aromatic heterocycles. The van der Waals surface area contributed by atoms with Gasteiger partial charge >= 0.3 is 6.41 Å². The van der Waals surface area contributed by atoms with Gasteiger partial charge in [0.05, 0.1) is 0 Å². The molecule has 0 aromatic rings. The minimum absolute atomic E-state index is 0.142. The van der Waals surface area contributed by atoms with Crippen LogP contribution in [0.5, 0.6) is 0 Å². The molecule has 0 unspecified atom stereocenters. The van der Waals surface area contributed by atoms with Crippen molar-refractivity contribution in [2.45, 2.75) is 0 Å². The molecule has 3 heteroatoms. The quantitative estimate of drug-likeness (QED) is 0.460. The molecule has 1 amide bonds. The zero-order chi connectivity index (χ0) is 5.70. The minimum Gasteiger partial charge on any atom is -0.335 e. The van der Waals surface area contributed by atoms with Crippen molar-refractivity contribution >= 4 is 6.41 Å². The van der Waals surface area contributed by atoms with Gasteiger partial charge < -0.3 is 4.90 Å². The van der Waals surface area contributed by atoms with Gasteiger partial charge in [-0.15, -0.1) is 0 Å². The molecule has 0 N–H and O–H groups in total. The largest absolute Gasteiger partial charge is 0.335 e. The van der Waals surface area contributed by atoms with Crippen LogP contribution in [0.4, 0.5) is 4.39 Å². The molecule has 0 fully saturated rings. The highest BCUT2D eigenvalue weighted by atomic mass is 19.1. The SMILES string of the molecule is CN([C]=O)CCF. The highest BCUT2D eigenvalue weighted by molar-refractivity contribution is 5.47. The molecular formula is C4H7FNO. The predicted octanol–water partition coefficient (Wildman–Crippen LogP) is -0.0451. The van der Waals surface area contributed by atoms with E-state index in [1.54, 1.807) is 0 Å². The third kappa shape index (κ3) is 3.22. The average Bonchev–Trinajstić information content (AvgIpc) is 1.68. The Morgan fingerprint density at radius 1 is 1.86 bits per heavy atom. The molecule has 0 aliphatic rings. The Labute approximate surface area is 41.9 Å². The maximum atomic E-state index is 11.2. The number of halogens is 1. The van der Waals surface area contributed by atoms with Crippen molar-refractivity contribution in [1.29, 1.82) is 0 Å². The van der Waals surface area contributed by atoms with Gasteiger partial charge in [-0.2, -0.15) is 0 Å². The van der Waals surface area contributed by atoms with E-state index in [2.05, 4.69) is 0 Å². The topological polar surface area (TPSA) is 20.3 Å². The van der Waals surface area contributed by atoms with Crippen LogP contribution >= 0.6 is 0 Å². The molecule has 2 nitrogen and oxygen atoms in total. The molecule has 41 valence electrons. The van der Waals surface area contributed by atoms with Gasteiger partial charge in [0.15, 0.2) is 0 Å². The summed E-state index contributed by atoms with van der Waals surface area (Å²) in [7, 11) is 1.48. The van der Waals surface area contributed by atoms with Crippen LogP contribution < -0.4 is 0 Å². The smallest absolute Gasteiger partial charge is 0.311 e. The van der Waals surface area contributed by atoms with E-state index in [9.17, 15) is 9.18 Å². The predicted molar refractivity (Wildman–Crippen MR) is 24.3 cm³/mol. The lowest BCUT2D eigenvalue weighted by molar-refractivity contribution is 0.374. The van der Waals surface area contributed by atoms with Gasteiger partial charge in [0.1, 0.15) is 6.67 Å². The normalized spacial score (nSPS) is 8.29. The second-order valence-corrected chi connectivity index (χ2v) is 1.20. The average molecular weight is 104 g/mol. The molecule has 7 heavy (non-hydrogen) atoms. The summed E-state index contributed by atoms with van der Waals surface area (Å²) >= 11 is 0. The molecule has 0 aromatic carbocycles. The van der Waals surface area contributed by atoms with Crippen molar-refractivity contribution in [2.75, 3.05) is 20.3 Å². The summed E-state index contributed by atoms with van der Waals surface area (Å²) in [6.07, 6.45) is 1.51. The van der Waals surface area contributed by atoms with Gasteiger partial charge in [0, 0.05) is 13.6 Å².